The zero-order valence-corrected chi connectivity index (χ0v) is 13.7. The van der Waals surface area contributed by atoms with Crippen LogP contribution in [0.15, 0.2) is 18.2 Å². The van der Waals surface area contributed by atoms with Crippen molar-refractivity contribution < 1.29 is 4.74 Å². The summed E-state index contributed by atoms with van der Waals surface area (Å²) in [6.45, 7) is 7.64. The average Bonchev–Trinajstić information content (AvgIpc) is 2.90. The second-order valence-electron chi connectivity index (χ2n) is 6.89. The Labute approximate surface area is 129 Å². The number of hydrogen-bond acceptors (Lipinski definition) is 2. The first-order valence-corrected chi connectivity index (χ1v) is 8.65. The fraction of sp³-hybridized carbons (Fsp3) is 0.684. The van der Waals surface area contributed by atoms with Gasteiger partial charge in [0.15, 0.2) is 0 Å². The van der Waals surface area contributed by atoms with Gasteiger partial charge in [0, 0.05) is 18.7 Å². The Morgan fingerprint density at radius 3 is 2.81 bits per heavy atom. The number of aryl methyl sites for hydroxylation is 2. The highest BCUT2D eigenvalue weighted by Crippen LogP contribution is 2.36. The molecule has 2 atom stereocenters. The fourth-order valence-electron chi connectivity index (χ4n) is 4.09. The molecule has 0 spiro atoms. The van der Waals surface area contributed by atoms with Crippen molar-refractivity contribution in [3.05, 3.63) is 34.9 Å². The molecule has 1 N–H and O–H groups in total. The van der Waals surface area contributed by atoms with Crippen molar-refractivity contribution in [2.75, 3.05) is 6.61 Å². The smallest absolute Gasteiger partial charge is 0.0692 e. The normalized spacial score (nSPS) is 27.6. The monoisotopic (exact) mass is 287 g/mol. The standard InChI is InChI=1S/C19H29NO/c1-4-19(5-2)13-16(10-11-21-19)20-18-9-8-15-7-6-14(3)12-17(15)18/h6-7,12,16,18,20H,4-5,8-11,13H2,1-3H3. The largest absolute Gasteiger partial charge is 0.375 e. The summed E-state index contributed by atoms with van der Waals surface area (Å²) in [5, 5.41) is 3.94. The Bertz CT molecular complexity index is 492. The highest BCUT2D eigenvalue weighted by atomic mass is 16.5. The summed E-state index contributed by atoms with van der Waals surface area (Å²) < 4.78 is 6.11. The van der Waals surface area contributed by atoms with Crippen LogP contribution >= 0.6 is 0 Å². The van der Waals surface area contributed by atoms with Crippen molar-refractivity contribution in [1.82, 2.24) is 5.32 Å². The van der Waals surface area contributed by atoms with Gasteiger partial charge in [0.1, 0.15) is 0 Å². The van der Waals surface area contributed by atoms with Crippen molar-refractivity contribution in [1.29, 1.82) is 0 Å². The van der Waals surface area contributed by atoms with Crippen LogP contribution in [0.5, 0.6) is 0 Å². The molecular formula is C19H29NO. The SMILES string of the molecule is CCC1(CC)CC(NC2CCc3ccc(C)cc32)CCO1. The fourth-order valence-corrected chi connectivity index (χ4v) is 4.09. The van der Waals surface area contributed by atoms with Gasteiger partial charge < -0.3 is 10.1 Å². The maximum atomic E-state index is 6.11. The molecule has 1 heterocycles. The molecule has 2 aliphatic rings. The molecule has 116 valence electrons. The van der Waals surface area contributed by atoms with Crippen LogP contribution in [0.1, 0.15) is 68.7 Å². The van der Waals surface area contributed by atoms with Crippen LogP contribution in [0.3, 0.4) is 0 Å². The van der Waals surface area contributed by atoms with Crippen molar-refractivity contribution in [3.63, 3.8) is 0 Å². The van der Waals surface area contributed by atoms with Gasteiger partial charge >= 0.3 is 0 Å². The lowest BCUT2D eigenvalue weighted by Crippen LogP contribution is -2.47. The van der Waals surface area contributed by atoms with Gasteiger partial charge in [-0.05, 0) is 56.6 Å². The van der Waals surface area contributed by atoms with Crippen LogP contribution in [0, 0.1) is 6.92 Å². The van der Waals surface area contributed by atoms with Gasteiger partial charge in [-0.3, -0.25) is 0 Å². The maximum absolute atomic E-state index is 6.11. The Kier molecular flexibility index (Phi) is 4.37. The van der Waals surface area contributed by atoms with E-state index in [1.54, 1.807) is 11.1 Å². The molecule has 0 radical (unpaired) electrons. The van der Waals surface area contributed by atoms with Crippen molar-refractivity contribution in [2.24, 2.45) is 0 Å². The Morgan fingerprint density at radius 1 is 1.24 bits per heavy atom. The number of hydrogen-bond donors (Lipinski definition) is 1. The van der Waals surface area contributed by atoms with E-state index in [0.717, 1.165) is 32.3 Å². The first kappa shape index (κ1) is 15.1. The van der Waals surface area contributed by atoms with E-state index >= 15 is 0 Å². The zero-order chi connectivity index (χ0) is 14.9. The molecule has 2 heteroatoms. The van der Waals surface area contributed by atoms with Gasteiger partial charge in [0.05, 0.1) is 5.60 Å². The molecule has 0 bridgehead atoms. The molecule has 2 unspecified atom stereocenters. The van der Waals surface area contributed by atoms with Crippen LogP contribution in [0.2, 0.25) is 0 Å². The van der Waals surface area contributed by atoms with Gasteiger partial charge in [0.2, 0.25) is 0 Å². The quantitative estimate of drug-likeness (QED) is 0.891. The van der Waals surface area contributed by atoms with E-state index < -0.39 is 0 Å². The molecule has 21 heavy (non-hydrogen) atoms. The number of rotatable bonds is 4. The zero-order valence-electron chi connectivity index (χ0n) is 13.7. The molecule has 0 saturated carbocycles. The van der Waals surface area contributed by atoms with Crippen LogP contribution in [-0.4, -0.2) is 18.2 Å². The van der Waals surface area contributed by atoms with E-state index in [4.69, 9.17) is 4.74 Å². The summed E-state index contributed by atoms with van der Waals surface area (Å²) in [5.41, 5.74) is 4.58. The van der Waals surface area contributed by atoms with Gasteiger partial charge in [-0.15, -0.1) is 0 Å². The van der Waals surface area contributed by atoms with Crippen LogP contribution in [0.4, 0.5) is 0 Å². The average molecular weight is 287 g/mol. The molecule has 1 saturated heterocycles. The highest BCUT2D eigenvalue weighted by Gasteiger charge is 2.36. The van der Waals surface area contributed by atoms with E-state index in [1.807, 2.05) is 0 Å². The van der Waals surface area contributed by atoms with E-state index in [0.29, 0.717) is 12.1 Å². The summed E-state index contributed by atoms with van der Waals surface area (Å²) in [4.78, 5) is 0. The maximum Gasteiger partial charge on any atom is 0.0692 e. The van der Waals surface area contributed by atoms with Crippen molar-refractivity contribution in [3.8, 4) is 0 Å². The molecule has 1 aromatic rings. The molecule has 1 aliphatic heterocycles. The lowest BCUT2D eigenvalue weighted by Gasteiger charge is -2.41. The first-order valence-electron chi connectivity index (χ1n) is 8.65. The van der Waals surface area contributed by atoms with Crippen LogP contribution in [0.25, 0.3) is 0 Å². The molecule has 0 aromatic heterocycles. The van der Waals surface area contributed by atoms with Crippen molar-refractivity contribution in [2.45, 2.75) is 77.0 Å². The third kappa shape index (κ3) is 3.02. The predicted molar refractivity (Wildman–Crippen MR) is 87.7 cm³/mol. The molecule has 1 aliphatic carbocycles. The molecule has 1 fully saturated rings. The lowest BCUT2D eigenvalue weighted by atomic mass is 9.85. The minimum absolute atomic E-state index is 0.115. The highest BCUT2D eigenvalue weighted by molar-refractivity contribution is 5.37. The van der Waals surface area contributed by atoms with E-state index in [2.05, 4.69) is 44.3 Å². The predicted octanol–water partition coefficient (Wildman–Crippen LogP) is 4.31. The Balaban J connectivity index is 1.70. The first-order chi connectivity index (χ1) is 10.2. The Hall–Kier alpha value is -0.860. The number of benzene rings is 1. The van der Waals surface area contributed by atoms with Gasteiger partial charge in [-0.25, -0.2) is 0 Å². The number of ether oxygens (including phenoxy) is 1. The second kappa shape index (κ2) is 6.10. The Morgan fingerprint density at radius 2 is 2.05 bits per heavy atom. The summed E-state index contributed by atoms with van der Waals surface area (Å²) in [6.07, 6.45) is 7.05. The van der Waals surface area contributed by atoms with E-state index in [1.165, 1.54) is 18.4 Å². The summed E-state index contributed by atoms with van der Waals surface area (Å²) >= 11 is 0. The molecule has 3 rings (SSSR count). The van der Waals surface area contributed by atoms with Gasteiger partial charge in [0.25, 0.3) is 0 Å². The number of fused-ring (bicyclic) bond motifs is 1. The van der Waals surface area contributed by atoms with E-state index in [-0.39, 0.29) is 5.60 Å². The molecular weight excluding hydrogens is 258 g/mol. The molecule has 0 amide bonds. The third-order valence-corrected chi connectivity index (χ3v) is 5.60. The minimum atomic E-state index is 0.115. The summed E-state index contributed by atoms with van der Waals surface area (Å²) in [7, 11) is 0. The summed E-state index contributed by atoms with van der Waals surface area (Å²) in [5.74, 6) is 0. The van der Waals surface area contributed by atoms with Gasteiger partial charge in [-0.2, -0.15) is 0 Å². The second-order valence-corrected chi connectivity index (χ2v) is 6.89. The third-order valence-electron chi connectivity index (χ3n) is 5.60. The van der Waals surface area contributed by atoms with E-state index in [9.17, 15) is 0 Å². The summed E-state index contributed by atoms with van der Waals surface area (Å²) in [6, 6.07) is 8.10. The topological polar surface area (TPSA) is 21.3 Å². The molecule has 2 nitrogen and oxygen atoms in total. The van der Waals surface area contributed by atoms with Crippen LogP contribution in [-0.2, 0) is 11.2 Å². The number of nitrogens with one attached hydrogen (secondary N) is 1. The minimum Gasteiger partial charge on any atom is -0.375 e. The van der Waals surface area contributed by atoms with Gasteiger partial charge in [-0.1, -0.05) is 37.6 Å². The molecule has 1 aromatic carbocycles. The van der Waals surface area contributed by atoms with Crippen LogP contribution < -0.4 is 5.32 Å². The van der Waals surface area contributed by atoms with Crippen molar-refractivity contribution >= 4 is 0 Å². The lowest BCUT2D eigenvalue weighted by molar-refractivity contribution is -0.0941.